The standard InChI is InChI=1S/C22H20O3/c1-2-22(24-19-14-8-4-9-15-19,25-20-16-10-5-11-17-20)21(23)18-12-6-3-7-13-18/h3-17H,2H2,1H3. The van der Waals surface area contributed by atoms with Gasteiger partial charge in [0.2, 0.25) is 5.78 Å². The summed E-state index contributed by atoms with van der Waals surface area (Å²) >= 11 is 0. The van der Waals surface area contributed by atoms with Crippen molar-refractivity contribution in [3.63, 3.8) is 0 Å². The SMILES string of the molecule is CCC(Oc1ccccc1)(Oc1ccccc1)C(=O)c1ccccc1. The quantitative estimate of drug-likeness (QED) is 0.444. The van der Waals surface area contributed by atoms with Crippen molar-refractivity contribution in [2.45, 2.75) is 19.1 Å². The summed E-state index contributed by atoms with van der Waals surface area (Å²) in [6, 6.07) is 27.6. The van der Waals surface area contributed by atoms with Gasteiger partial charge in [-0.15, -0.1) is 0 Å². The molecule has 0 radical (unpaired) electrons. The fraction of sp³-hybridized carbons (Fsp3) is 0.136. The predicted octanol–water partition coefficient (Wildman–Crippen LogP) is 5.13. The molecular formula is C22H20O3. The highest BCUT2D eigenvalue weighted by atomic mass is 16.7. The highest BCUT2D eigenvalue weighted by Crippen LogP contribution is 2.29. The Kier molecular flexibility index (Phi) is 5.14. The van der Waals surface area contributed by atoms with E-state index < -0.39 is 5.79 Å². The van der Waals surface area contributed by atoms with Crippen LogP contribution in [0.3, 0.4) is 0 Å². The van der Waals surface area contributed by atoms with Gasteiger partial charge in [0.05, 0.1) is 0 Å². The molecule has 0 fully saturated rings. The van der Waals surface area contributed by atoms with Gasteiger partial charge in [0.15, 0.2) is 0 Å². The van der Waals surface area contributed by atoms with Crippen LogP contribution in [0.25, 0.3) is 0 Å². The van der Waals surface area contributed by atoms with E-state index in [0.29, 0.717) is 23.5 Å². The van der Waals surface area contributed by atoms with Crippen molar-refractivity contribution in [2.24, 2.45) is 0 Å². The van der Waals surface area contributed by atoms with Crippen LogP contribution in [0.15, 0.2) is 91.0 Å². The number of ketones is 1. The second kappa shape index (κ2) is 7.67. The fourth-order valence-electron chi connectivity index (χ4n) is 2.59. The van der Waals surface area contributed by atoms with Crippen LogP contribution in [0.4, 0.5) is 0 Å². The first kappa shape index (κ1) is 16.8. The summed E-state index contributed by atoms with van der Waals surface area (Å²) < 4.78 is 12.2. The van der Waals surface area contributed by atoms with Crippen LogP contribution < -0.4 is 9.47 Å². The van der Waals surface area contributed by atoms with E-state index in [4.69, 9.17) is 9.47 Å². The van der Waals surface area contributed by atoms with Crippen molar-refractivity contribution in [1.29, 1.82) is 0 Å². The zero-order valence-electron chi connectivity index (χ0n) is 14.1. The Bertz CT molecular complexity index is 757. The maximum Gasteiger partial charge on any atom is 0.315 e. The Morgan fingerprint density at radius 1 is 0.720 bits per heavy atom. The minimum atomic E-state index is -1.43. The summed E-state index contributed by atoms with van der Waals surface area (Å²) in [5.74, 6) is -0.457. The van der Waals surface area contributed by atoms with Gasteiger partial charge in [-0.25, -0.2) is 0 Å². The van der Waals surface area contributed by atoms with Gasteiger partial charge in [-0.2, -0.15) is 0 Å². The summed E-state index contributed by atoms with van der Waals surface area (Å²) in [6.07, 6.45) is 0.366. The molecule has 3 aromatic rings. The van der Waals surface area contributed by atoms with Gasteiger partial charge in [0.1, 0.15) is 11.5 Å². The van der Waals surface area contributed by atoms with Gasteiger partial charge in [-0.3, -0.25) is 4.79 Å². The number of rotatable bonds is 7. The van der Waals surface area contributed by atoms with E-state index in [2.05, 4.69) is 0 Å². The first-order valence-electron chi connectivity index (χ1n) is 8.31. The molecule has 0 bridgehead atoms. The predicted molar refractivity (Wildman–Crippen MR) is 97.9 cm³/mol. The number of carbonyl (C=O) groups is 1. The maximum absolute atomic E-state index is 13.3. The number of benzene rings is 3. The summed E-state index contributed by atoms with van der Waals surface area (Å²) in [4.78, 5) is 13.3. The molecule has 0 amide bonds. The minimum Gasteiger partial charge on any atom is -0.445 e. The number of ether oxygens (including phenoxy) is 2. The first-order chi connectivity index (χ1) is 12.2. The van der Waals surface area contributed by atoms with E-state index in [9.17, 15) is 4.79 Å². The number of para-hydroxylation sites is 2. The van der Waals surface area contributed by atoms with Crippen LogP contribution in [-0.4, -0.2) is 11.6 Å². The first-order valence-corrected chi connectivity index (χ1v) is 8.31. The molecule has 0 atom stereocenters. The molecular weight excluding hydrogens is 312 g/mol. The zero-order chi connectivity index (χ0) is 17.5. The van der Waals surface area contributed by atoms with Gasteiger partial charge in [0.25, 0.3) is 0 Å². The van der Waals surface area contributed by atoms with Crippen LogP contribution >= 0.6 is 0 Å². The maximum atomic E-state index is 13.3. The largest absolute Gasteiger partial charge is 0.445 e. The lowest BCUT2D eigenvalue weighted by atomic mass is 10.0. The average molecular weight is 332 g/mol. The molecule has 0 aromatic heterocycles. The average Bonchev–Trinajstić information content (AvgIpc) is 2.69. The van der Waals surface area contributed by atoms with Crippen LogP contribution in [0.5, 0.6) is 11.5 Å². The summed E-state index contributed by atoms with van der Waals surface area (Å²) in [5, 5.41) is 0. The van der Waals surface area contributed by atoms with E-state index in [1.807, 2.05) is 85.8 Å². The van der Waals surface area contributed by atoms with Crippen molar-refractivity contribution in [3.8, 4) is 11.5 Å². The van der Waals surface area contributed by atoms with Crippen molar-refractivity contribution in [2.75, 3.05) is 0 Å². The Hall–Kier alpha value is -3.07. The fourth-order valence-corrected chi connectivity index (χ4v) is 2.59. The molecule has 0 spiro atoms. The van der Waals surface area contributed by atoms with Crippen LogP contribution in [-0.2, 0) is 0 Å². The summed E-state index contributed by atoms with van der Waals surface area (Å²) in [5.41, 5.74) is 0.552. The molecule has 126 valence electrons. The molecule has 3 nitrogen and oxygen atoms in total. The molecule has 0 unspecified atom stereocenters. The van der Waals surface area contributed by atoms with E-state index >= 15 is 0 Å². The Morgan fingerprint density at radius 3 is 1.52 bits per heavy atom. The highest BCUT2D eigenvalue weighted by molar-refractivity contribution is 6.01. The molecule has 3 aromatic carbocycles. The summed E-state index contributed by atoms with van der Waals surface area (Å²) in [6.45, 7) is 1.88. The molecule has 3 heteroatoms. The van der Waals surface area contributed by atoms with Crippen LogP contribution in [0.2, 0.25) is 0 Å². The van der Waals surface area contributed by atoms with Crippen molar-refractivity contribution in [1.82, 2.24) is 0 Å². The Balaban J connectivity index is 2.00. The van der Waals surface area contributed by atoms with Crippen LogP contribution in [0.1, 0.15) is 23.7 Å². The lowest BCUT2D eigenvalue weighted by Gasteiger charge is -2.32. The molecule has 3 rings (SSSR count). The van der Waals surface area contributed by atoms with E-state index in [1.165, 1.54) is 0 Å². The minimum absolute atomic E-state index is 0.205. The number of hydrogen-bond acceptors (Lipinski definition) is 3. The van der Waals surface area contributed by atoms with Crippen molar-refractivity contribution in [3.05, 3.63) is 96.6 Å². The molecule has 0 saturated carbocycles. The van der Waals surface area contributed by atoms with Gasteiger partial charge >= 0.3 is 5.79 Å². The van der Waals surface area contributed by atoms with E-state index in [0.717, 1.165) is 0 Å². The molecule has 0 aliphatic heterocycles. The van der Waals surface area contributed by atoms with Gasteiger partial charge < -0.3 is 9.47 Å². The lowest BCUT2D eigenvalue weighted by molar-refractivity contribution is -0.0818. The number of carbonyl (C=O) groups excluding carboxylic acids is 1. The van der Waals surface area contributed by atoms with Crippen molar-refractivity contribution >= 4 is 5.78 Å². The molecule has 0 heterocycles. The third-order valence-electron chi connectivity index (χ3n) is 3.90. The van der Waals surface area contributed by atoms with E-state index in [-0.39, 0.29) is 5.78 Å². The second-order valence-corrected chi connectivity index (χ2v) is 5.63. The third-order valence-corrected chi connectivity index (χ3v) is 3.90. The molecule has 0 N–H and O–H groups in total. The molecule has 0 aliphatic carbocycles. The van der Waals surface area contributed by atoms with Gasteiger partial charge in [0, 0.05) is 12.0 Å². The van der Waals surface area contributed by atoms with Gasteiger partial charge in [-0.1, -0.05) is 73.7 Å². The zero-order valence-corrected chi connectivity index (χ0v) is 14.1. The molecule has 0 aliphatic rings. The molecule has 25 heavy (non-hydrogen) atoms. The number of hydrogen-bond donors (Lipinski definition) is 0. The topological polar surface area (TPSA) is 35.5 Å². The third kappa shape index (κ3) is 3.89. The smallest absolute Gasteiger partial charge is 0.315 e. The highest BCUT2D eigenvalue weighted by Gasteiger charge is 2.42. The monoisotopic (exact) mass is 332 g/mol. The lowest BCUT2D eigenvalue weighted by Crippen LogP contribution is -2.49. The summed E-state index contributed by atoms with van der Waals surface area (Å²) in [7, 11) is 0. The molecule has 0 saturated heterocycles. The van der Waals surface area contributed by atoms with Crippen molar-refractivity contribution < 1.29 is 14.3 Å². The second-order valence-electron chi connectivity index (χ2n) is 5.63. The Labute approximate surface area is 147 Å². The van der Waals surface area contributed by atoms with Gasteiger partial charge in [-0.05, 0) is 24.3 Å². The van der Waals surface area contributed by atoms with Crippen LogP contribution in [0, 0.1) is 0 Å². The normalized spacial score (nSPS) is 10.9. The Morgan fingerprint density at radius 2 is 1.12 bits per heavy atom. The number of Topliss-reactive ketones (excluding diaryl/α,β-unsaturated/α-hetero) is 1. The van der Waals surface area contributed by atoms with E-state index in [1.54, 1.807) is 12.1 Å².